The molecule has 1 aliphatic rings. The average molecular weight is 305 g/mol. The third-order valence-electron chi connectivity index (χ3n) is 4.29. The van der Waals surface area contributed by atoms with Gasteiger partial charge < -0.3 is 14.7 Å². The lowest BCUT2D eigenvalue weighted by molar-refractivity contribution is -0.147. The first-order valence-electron chi connectivity index (χ1n) is 7.62. The van der Waals surface area contributed by atoms with Gasteiger partial charge in [0.05, 0.1) is 12.0 Å². The first kappa shape index (κ1) is 16.3. The second-order valence-electron chi connectivity index (χ2n) is 6.23. The standard InChI is InChI=1S/C17H23NO4/c1-13(8-11-22-14-6-4-3-5-7-14)15(19)18-10-9-17(2,12-18)16(20)21/h3-7,13H,8-12H2,1-2H3,(H,20,21)/t13-,17-/m1/s1. The number of carbonyl (C=O) groups is 2. The minimum atomic E-state index is -0.831. The number of hydrogen-bond donors (Lipinski definition) is 1. The number of amides is 1. The molecule has 1 fully saturated rings. The number of likely N-dealkylation sites (tertiary alicyclic amines) is 1. The molecule has 2 atom stereocenters. The van der Waals surface area contributed by atoms with E-state index in [1.807, 2.05) is 37.3 Å². The van der Waals surface area contributed by atoms with Crippen molar-refractivity contribution in [1.29, 1.82) is 0 Å². The van der Waals surface area contributed by atoms with Crippen molar-refractivity contribution in [2.45, 2.75) is 26.7 Å². The van der Waals surface area contributed by atoms with E-state index in [4.69, 9.17) is 4.74 Å². The van der Waals surface area contributed by atoms with Crippen molar-refractivity contribution in [3.63, 3.8) is 0 Å². The number of benzene rings is 1. The number of nitrogens with zero attached hydrogens (tertiary/aromatic N) is 1. The second kappa shape index (κ2) is 6.81. The van der Waals surface area contributed by atoms with Crippen molar-refractivity contribution in [3.05, 3.63) is 30.3 Å². The monoisotopic (exact) mass is 305 g/mol. The van der Waals surface area contributed by atoms with Crippen LogP contribution in [0.3, 0.4) is 0 Å². The van der Waals surface area contributed by atoms with Gasteiger partial charge in [0.1, 0.15) is 5.75 Å². The van der Waals surface area contributed by atoms with E-state index in [-0.39, 0.29) is 11.8 Å². The molecule has 5 heteroatoms. The van der Waals surface area contributed by atoms with E-state index in [2.05, 4.69) is 0 Å². The Morgan fingerprint density at radius 3 is 2.64 bits per heavy atom. The van der Waals surface area contributed by atoms with Gasteiger partial charge in [0.15, 0.2) is 0 Å². The van der Waals surface area contributed by atoms with Crippen molar-refractivity contribution >= 4 is 11.9 Å². The van der Waals surface area contributed by atoms with Gasteiger partial charge in [-0.05, 0) is 31.9 Å². The van der Waals surface area contributed by atoms with Gasteiger partial charge in [0.2, 0.25) is 5.91 Å². The van der Waals surface area contributed by atoms with Crippen LogP contribution in [0.15, 0.2) is 30.3 Å². The van der Waals surface area contributed by atoms with Gasteiger partial charge in [-0.25, -0.2) is 0 Å². The van der Waals surface area contributed by atoms with Crippen molar-refractivity contribution in [3.8, 4) is 5.75 Å². The van der Waals surface area contributed by atoms with E-state index in [9.17, 15) is 14.7 Å². The lowest BCUT2D eigenvalue weighted by Crippen LogP contribution is -2.37. The van der Waals surface area contributed by atoms with Crippen molar-refractivity contribution in [2.75, 3.05) is 19.7 Å². The number of ether oxygens (including phenoxy) is 1. The maximum Gasteiger partial charge on any atom is 0.311 e. The third kappa shape index (κ3) is 3.78. The van der Waals surface area contributed by atoms with E-state index in [1.165, 1.54) is 0 Å². The molecule has 1 amide bonds. The Morgan fingerprint density at radius 1 is 1.36 bits per heavy atom. The highest BCUT2D eigenvalue weighted by atomic mass is 16.5. The van der Waals surface area contributed by atoms with E-state index < -0.39 is 11.4 Å². The lowest BCUT2D eigenvalue weighted by Gasteiger charge is -2.23. The Balaban J connectivity index is 1.79. The Bertz CT molecular complexity index is 531. The normalized spacial score (nSPS) is 22.4. The molecule has 1 saturated heterocycles. The fraction of sp³-hybridized carbons (Fsp3) is 0.529. The van der Waals surface area contributed by atoms with Gasteiger partial charge in [0.25, 0.3) is 0 Å². The zero-order valence-electron chi connectivity index (χ0n) is 13.1. The number of carboxylic acid groups (broad SMARTS) is 1. The van der Waals surface area contributed by atoms with Gasteiger partial charge >= 0.3 is 5.97 Å². The third-order valence-corrected chi connectivity index (χ3v) is 4.29. The summed E-state index contributed by atoms with van der Waals surface area (Å²) in [7, 11) is 0. The first-order chi connectivity index (χ1) is 10.4. The summed E-state index contributed by atoms with van der Waals surface area (Å²) >= 11 is 0. The van der Waals surface area contributed by atoms with Gasteiger partial charge in [-0.2, -0.15) is 0 Å². The Labute approximate surface area is 130 Å². The Hall–Kier alpha value is -2.04. The summed E-state index contributed by atoms with van der Waals surface area (Å²) in [5.74, 6) is -0.189. The molecule has 0 aromatic heterocycles. The van der Waals surface area contributed by atoms with Crippen LogP contribution < -0.4 is 4.74 Å². The average Bonchev–Trinajstić information content (AvgIpc) is 2.91. The number of carbonyl (C=O) groups excluding carboxylic acids is 1. The Kier molecular flexibility index (Phi) is 5.06. The summed E-state index contributed by atoms with van der Waals surface area (Å²) in [6.45, 7) is 4.86. The maximum absolute atomic E-state index is 12.4. The zero-order valence-corrected chi connectivity index (χ0v) is 13.1. The van der Waals surface area contributed by atoms with Crippen LogP contribution in [0, 0.1) is 11.3 Å². The number of carboxylic acids is 1. The molecule has 1 aromatic rings. The smallest absolute Gasteiger partial charge is 0.311 e. The molecule has 5 nitrogen and oxygen atoms in total. The van der Waals surface area contributed by atoms with Crippen LogP contribution in [-0.4, -0.2) is 41.6 Å². The van der Waals surface area contributed by atoms with Crippen molar-refractivity contribution in [2.24, 2.45) is 11.3 Å². The highest BCUT2D eigenvalue weighted by Crippen LogP contribution is 2.31. The molecule has 1 heterocycles. The van der Waals surface area contributed by atoms with Gasteiger partial charge in [-0.3, -0.25) is 9.59 Å². The number of para-hydroxylation sites is 1. The molecule has 0 saturated carbocycles. The summed E-state index contributed by atoms with van der Waals surface area (Å²) in [6, 6.07) is 9.49. The lowest BCUT2D eigenvalue weighted by atomic mass is 9.90. The van der Waals surface area contributed by atoms with Crippen LogP contribution in [0.2, 0.25) is 0 Å². The molecule has 0 bridgehead atoms. The van der Waals surface area contributed by atoms with E-state index in [1.54, 1.807) is 11.8 Å². The SMILES string of the molecule is C[C@H](CCOc1ccccc1)C(=O)N1CC[C@@](C)(C(=O)O)C1. The summed E-state index contributed by atoms with van der Waals surface area (Å²) in [5, 5.41) is 9.22. The zero-order chi connectivity index (χ0) is 16.2. The van der Waals surface area contributed by atoms with Crippen LogP contribution in [-0.2, 0) is 9.59 Å². The predicted molar refractivity (Wildman–Crippen MR) is 82.7 cm³/mol. The second-order valence-corrected chi connectivity index (χ2v) is 6.23. The fourth-order valence-electron chi connectivity index (χ4n) is 2.63. The van der Waals surface area contributed by atoms with Gasteiger partial charge in [0, 0.05) is 19.0 Å². The van der Waals surface area contributed by atoms with Crippen LogP contribution in [0.25, 0.3) is 0 Å². The summed E-state index contributed by atoms with van der Waals surface area (Å²) < 4.78 is 5.60. The summed E-state index contributed by atoms with van der Waals surface area (Å²) in [4.78, 5) is 25.3. The molecule has 120 valence electrons. The molecular weight excluding hydrogens is 282 g/mol. The van der Waals surface area contributed by atoms with Gasteiger partial charge in [-0.15, -0.1) is 0 Å². The Morgan fingerprint density at radius 2 is 2.05 bits per heavy atom. The molecule has 1 aromatic carbocycles. The molecule has 0 radical (unpaired) electrons. The maximum atomic E-state index is 12.4. The van der Waals surface area contributed by atoms with Gasteiger partial charge in [-0.1, -0.05) is 25.1 Å². The summed E-state index contributed by atoms with van der Waals surface area (Å²) in [5.41, 5.74) is -0.810. The molecule has 0 spiro atoms. The van der Waals surface area contributed by atoms with Crippen LogP contribution in [0.5, 0.6) is 5.75 Å². The highest BCUT2D eigenvalue weighted by molar-refractivity contribution is 5.81. The van der Waals surface area contributed by atoms with Crippen LogP contribution in [0.4, 0.5) is 0 Å². The predicted octanol–water partition coefficient (Wildman–Crippen LogP) is 2.41. The number of aliphatic carboxylic acids is 1. The van der Waals surface area contributed by atoms with E-state index >= 15 is 0 Å². The molecule has 0 aliphatic carbocycles. The minimum Gasteiger partial charge on any atom is -0.494 e. The summed E-state index contributed by atoms with van der Waals surface area (Å²) in [6.07, 6.45) is 1.13. The quantitative estimate of drug-likeness (QED) is 0.876. The van der Waals surface area contributed by atoms with Crippen LogP contribution >= 0.6 is 0 Å². The number of rotatable bonds is 6. The van der Waals surface area contributed by atoms with Crippen molar-refractivity contribution in [1.82, 2.24) is 4.90 Å². The molecule has 1 N–H and O–H groups in total. The van der Waals surface area contributed by atoms with E-state index in [0.29, 0.717) is 32.5 Å². The molecular formula is C17H23NO4. The highest BCUT2D eigenvalue weighted by Gasteiger charge is 2.42. The molecule has 22 heavy (non-hydrogen) atoms. The van der Waals surface area contributed by atoms with Crippen molar-refractivity contribution < 1.29 is 19.4 Å². The van der Waals surface area contributed by atoms with E-state index in [0.717, 1.165) is 5.75 Å². The first-order valence-corrected chi connectivity index (χ1v) is 7.62. The largest absolute Gasteiger partial charge is 0.494 e. The molecule has 1 aliphatic heterocycles. The van der Waals surface area contributed by atoms with Crippen LogP contribution in [0.1, 0.15) is 26.7 Å². The topological polar surface area (TPSA) is 66.8 Å². The molecule has 2 rings (SSSR count). The number of hydrogen-bond acceptors (Lipinski definition) is 3. The fourth-order valence-corrected chi connectivity index (χ4v) is 2.63. The molecule has 0 unspecified atom stereocenters. The minimum absolute atomic E-state index is 0.0154.